The van der Waals surface area contributed by atoms with E-state index in [1.807, 2.05) is 0 Å². The predicted molar refractivity (Wildman–Crippen MR) is 82.3 cm³/mol. The first-order chi connectivity index (χ1) is 10.7. The van der Waals surface area contributed by atoms with Gasteiger partial charge in [-0.2, -0.15) is 5.26 Å². The standard InChI is InChI=1S/C17H21F2N3O/c1-10(21)16(23)22-14(17(2,3)9-20)8-13(19)15(22)11-5-4-6-12(18)7-11/h4-7,10,13-15H,8,21H2,1-3H3/t10-,13+,14-,15?/m1/s1. The molecule has 1 aromatic rings. The zero-order chi connectivity index (χ0) is 17.4. The van der Waals surface area contributed by atoms with E-state index in [0.29, 0.717) is 5.56 Å². The van der Waals surface area contributed by atoms with Gasteiger partial charge in [0.25, 0.3) is 0 Å². The van der Waals surface area contributed by atoms with Gasteiger partial charge in [0.15, 0.2) is 0 Å². The second kappa shape index (κ2) is 6.25. The number of carbonyl (C=O) groups is 1. The van der Waals surface area contributed by atoms with Gasteiger partial charge in [0.1, 0.15) is 12.0 Å². The number of likely N-dealkylation sites (tertiary alicyclic amines) is 1. The summed E-state index contributed by atoms with van der Waals surface area (Å²) in [6.45, 7) is 4.85. The predicted octanol–water partition coefficient (Wildman–Crippen LogP) is 2.70. The van der Waals surface area contributed by atoms with Crippen molar-refractivity contribution in [1.82, 2.24) is 4.90 Å². The summed E-state index contributed by atoms with van der Waals surface area (Å²) >= 11 is 0. The number of hydrogen-bond donors (Lipinski definition) is 1. The molecule has 0 aliphatic carbocycles. The van der Waals surface area contributed by atoms with Crippen LogP contribution in [0, 0.1) is 22.6 Å². The molecule has 0 radical (unpaired) electrons. The number of nitrogens with two attached hydrogens (primary N) is 1. The second-order valence-electron chi connectivity index (χ2n) is 6.64. The highest BCUT2D eigenvalue weighted by Crippen LogP contribution is 2.45. The Kier molecular flexibility index (Phi) is 4.71. The minimum absolute atomic E-state index is 0.0280. The largest absolute Gasteiger partial charge is 0.327 e. The van der Waals surface area contributed by atoms with Gasteiger partial charge in [0.2, 0.25) is 5.91 Å². The number of benzene rings is 1. The number of hydrogen-bond acceptors (Lipinski definition) is 3. The number of rotatable bonds is 3. The molecule has 0 aromatic heterocycles. The third-order valence-electron chi connectivity index (χ3n) is 4.38. The van der Waals surface area contributed by atoms with E-state index in [-0.39, 0.29) is 6.42 Å². The zero-order valence-electron chi connectivity index (χ0n) is 13.5. The van der Waals surface area contributed by atoms with Crippen LogP contribution in [0.25, 0.3) is 0 Å². The number of carbonyl (C=O) groups excluding carboxylic acids is 1. The average Bonchev–Trinajstić information content (AvgIpc) is 2.84. The fourth-order valence-corrected chi connectivity index (χ4v) is 3.13. The summed E-state index contributed by atoms with van der Waals surface area (Å²) in [5.41, 5.74) is 5.15. The van der Waals surface area contributed by atoms with Crippen molar-refractivity contribution < 1.29 is 13.6 Å². The Hall–Kier alpha value is -2.00. The lowest BCUT2D eigenvalue weighted by molar-refractivity contribution is -0.137. The fourth-order valence-electron chi connectivity index (χ4n) is 3.13. The Morgan fingerprint density at radius 2 is 2.17 bits per heavy atom. The van der Waals surface area contributed by atoms with Crippen LogP contribution in [0.3, 0.4) is 0 Å². The molecule has 0 spiro atoms. The van der Waals surface area contributed by atoms with Crippen molar-refractivity contribution >= 4 is 5.91 Å². The highest BCUT2D eigenvalue weighted by Gasteiger charge is 2.51. The summed E-state index contributed by atoms with van der Waals surface area (Å²) in [4.78, 5) is 13.9. The Morgan fingerprint density at radius 3 is 2.70 bits per heavy atom. The summed E-state index contributed by atoms with van der Waals surface area (Å²) in [6.07, 6.45) is -1.35. The maximum absolute atomic E-state index is 14.7. The summed E-state index contributed by atoms with van der Waals surface area (Å²) in [5, 5.41) is 9.38. The molecule has 1 fully saturated rings. The van der Waals surface area contributed by atoms with E-state index in [2.05, 4.69) is 6.07 Å². The molecule has 2 N–H and O–H groups in total. The highest BCUT2D eigenvalue weighted by atomic mass is 19.1. The van der Waals surface area contributed by atoms with Crippen molar-refractivity contribution in [3.63, 3.8) is 0 Å². The maximum atomic E-state index is 14.7. The van der Waals surface area contributed by atoms with Crippen LogP contribution < -0.4 is 5.73 Å². The van der Waals surface area contributed by atoms with E-state index in [4.69, 9.17) is 5.73 Å². The first-order valence-corrected chi connectivity index (χ1v) is 7.57. The van der Waals surface area contributed by atoms with Gasteiger partial charge in [0.05, 0.1) is 29.6 Å². The van der Waals surface area contributed by atoms with Crippen LogP contribution in [-0.4, -0.2) is 29.1 Å². The smallest absolute Gasteiger partial charge is 0.240 e. The van der Waals surface area contributed by atoms with E-state index < -0.39 is 41.4 Å². The lowest BCUT2D eigenvalue weighted by Crippen LogP contribution is -2.50. The molecule has 1 aromatic carbocycles. The van der Waals surface area contributed by atoms with Gasteiger partial charge in [-0.25, -0.2) is 8.78 Å². The molecule has 1 aliphatic rings. The van der Waals surface area contributed by atoms with Gasteiger partial charge >= 0.3 is 0 Å². The Balaban J connectivity index is 2.51. The van der Waals surface area contributed by atoms with Crippen molar-refractivity contribution in [1.29, 1.82) is 5.26 Å². The zero-order valence-corrected chi connectivity index (χ0v) is 13.5. The van der Waals surface area contributed by atoms with Crippen LogP contribution in [0.4, 0.5) is 8.78 Å². The fraction of sp³-hybridized carbons (Fsp3) is 0.529. The van der Waals surface area contributed by atoms with Crippen molar-refractivity contribution in [2.24, 2.45) is 11.1 Å². The van der Waals surface area contributed by atoms with Gasteiger partial charge in [0, 0.05) is 6.42 Å². The molecule has 1 aliphatic heterocycles. The minimum atomic E-state index is -1.38. The molecular formula is C17H21F2N3O. The molecule has 4 atom stereocenters. The first-order valence-electron chi connectivity index (χ1n) is 7.57. The molecule has 1 amide bonds. The molecule has 2 rings (SSSR count). The van der Waals surface area contributed by atoms with Crippen LogP contribution in [0.15, 0.2) is 24.3 Å². The molecule has 6 heteroatoms. The summed E-state index contributed by atoms with van der Waals surface area (Å²) < 4.78 is 28.3. The van der Waals surface area contributed by atoms with Gasteiger partial charge in [-0.1, -0.05) is 12.1 Å². The Labute approximate surface area is 134 Å². The van der Waals surface area contributed by atoms with Gasteiger partial charge in [-0.15, -0.1) is 0 Å². The lowest BCUT2D eigenvalue weighted by Gasteiger charge is -2.37. The SMILES string of the molecule is C[C@@H](N)C(=O)N1C(c2cccc(F)c2)[C@@H](F)C[C@@H]1C(C)(C)C#N. The van der Waals surface area contributed by atoms with E-state index in [0.717, 1.165) is 0 Å². The van der Waals surface area contributed by atoms with Crippen LogP contribution in [-0.2, 0) is 4.79 Å². The van der Waals surface area contributed by atoms with Crippen molar-refractivity contribution in [3.05, 3.63) is 35.6 Å². The van der Waals surface area contributed by atoms with Gasteiger partial charge < -0.3 is 10.6 Å². The average molecular weight is 321 g/mol. The summed E-state index contributed by atoms with van der Waals surface area (Å²) in [6, 6.07) is 5.32. The summed E-state index contributed by atoms with van der Waals surface area (Å²) in [7, 11) is 0. The molecule has 1 saturated heterocycles. The number of nitriles is 1. The molecule has 0 saturated carbocycles. The molecule has 124 valence electrons. The number of amides is 1. The van der Waals surface area contributed by atoms with E-state index in [1.165, 1.54) is 30.0 Å². The Bertz CT molecular complexity index is 639. The molecule has 1 heterocycles. The van der Waals surface area contributed by atoms with Gasteiger partial charge in [-0.3, -0.25) is 4.79 Å². The van der Waals surface area contributed by atoms with Crippen LogP contribution >= 0.6 is 0 Å². The van der Waals surface area contributed by atoms with Crippen LogP contribution in [0.5, 0.6) is 0 Å². The lowest BCUT2D eigenvalue weighted by atomic mass is 9.84. The second-order valence-corrected chi connectivity index (χ2v) is 6.64. The quantitative estimate of drug-likeness (QED) is 0.930. The van der Waals surface area contributed by atoms with E-state index in [1.54, 1.807) is 19.9 Å². The highest BCUT2D eigenvalue weighted by molar-refractivity contribution is 5.82. The van der Waals surface area contributed by atoms with Crippen LogP contribution in [0.2, 0.25) is 0 Å². The van der Waals surface area contributed by atoms with Crippen molar-refractivity contribution in [2.45, 2.75) is 51.5 Å². The normalized spacial score (nSPS) is 26.0. The molecule has 0 bridgehead atoms. The minimum Gasteiger partial charge on any atom is -0.327 e. The molecule has 1 unspecified atom stereocenters. The third-order valence-corrected chi connectivity index (χ3v) is 4.38. The molecule has 23 heavy (non-hydrogen) atoms. The third kappa shape index (κ3) is 3.20. The Morgan fingerprint density at radius 1 is 1.52 bits per heavy atom. The van der Waals surface area contributed by atoms with E-state index in [9.17, 15) is 18.8 Å². The summed E-state index contributed by atoms with van der Waals surface area (Å²) in [5.74, 6) is -0.932. The first kappa shape index (κ1) is 17.4. The molecule has 4 nitrogen and oxygen atoms in total. The molecular weight excluding hydrogens is 300 g/mol. The number of halogens is 2. The monoisotopic (exact) mass is 321 g/mol. The van der Waals surface area contributed by atoms with Crippen molar-refractivity contribution in [3.8, 4) is 6.07 Å². The number of nitrogens with zero attached hydrogens (tertiary/aromatic N) is 2. The van der Waals surface area contributed by atoms with Gasteiger partial charge in [-0.05, 0) is 38.5 Å². The maximum Gasteiger partial charge on any atom is 0.240 e. The van der Waals surface area contributed by atoms with Crippen LogP contribution in [0.1, 0.15) is 38.8 Å². The van der Waals surface area contributed by atoms with Crippen molar-refractivity contribution in [2.75, 3.05) is 0 Å². The van der Waals surface area contributed by atoms with E-state index >= 15 is 0 Å². The topological polar surface area (TPSA) is 70.1 Å². The number of alkyl halides is 1.